The number of carbonyl (C=O) groups is 5. The Morgan fingerprint density at radius 3 is 2.59 bits per heavy atom. The molecule has 0 radical (unpaired) electrons. The second-order valence-electron chi connectivity index (χ2n) is 8.37. The van der Waals surface area contributed by atoms with Gasteiger partial charge in [0.1, 0.15) is 6.04 Å². The molecule has 0 bridgehead atoms. The molecule has 1 fully saturated rings. The van der Waals surface area contributed by atoms with E-state index in [-0.39, 0.29) is 30.0 Å². The first-order chi connectivity index (χ1) is 16.4. The topological polar surface area (TPSA) is 125 Å². The highest BCUT2D eigenvalue weighted by Gasteiger charge is 2.44. The number of amides is 6. The van der Waals surface area contributed by atoms with Crippen molar-refractivity contribution in [1.29, 1.82) is 0 Å². The van der Waals surface area contributed by atoms with Crippen LogP contribution in [0.2, 0.25) is 0 Å². The minimum absolute atomic E-state index is 0.0830. The molecule has 0 aromatic heterocycles. The summed E-state index contributed by atoms with van der Waals surface area (Å²) in [5, 5.41) is 7.81. The first-order valence-corrected chi connectivity index (χ1v) is 11.4. The highest BCUT2D eigenvalue weighted by Crippen LogP contribution is 2.28. The van der Waals surface area contributed by atoms with Crippen LogP contribution >= 0.6 is 0 Å². The first kappa shape index (κ1) is 23.2. The van der Waals surface area contributed by atoms with Crippen molar-refractivity contribution in [3.63, 3.8) is 0 Å². The molecule has 0 saturated carbocycles. The van der Waals surface area contributed by atoms with Crippen LogP contribution in [0.3, 0.4) is 0 Å². The Labute approximate surface area is 196 Å². The number of aryl methyl sites for hydroxylation is 2. The van der Waals surface area contributed by atoms with Gasteiger partial charge in [-0.05, 0) is 61.1 Å². The standard InChI is InChI=1S/C25H26N4O5/c1-2-15-5-3-7-17(13-15)27-25(34)26-12-4-6-16-8-9-18-19(14-16)24(33)29(23(18)32)20-10-11-21(30)28-22(20)31/h3,5,7-9,13-14,20H,2,4,6,10-12H2,1H3,(H2,26,27,34)(H,28,30,31). The van der Waals surface area contributed by atoms with Crippen LogP contribution in [0.15, 0.2) is 42.5 Å². The monoisotopic (exact) mass is 462 g/mol. The van der Waals surface area contributed by atoms with E-state index in [9.17, 15) is 24.0 Å². The zero-order valence-electron chi connectivity index (χ0n) is 18.8. The lowest BCUT2D eigenvalue weighted by Gasteiger charge is -2.27. The van der Waals surface area contributed by atoms with Gasteiger partial charge in [0.05, 0.1) is 11.1 Å². The number of anilines is 1. The van der Waals surface area contributed by atoms with Gasteiger partial charge in [0.15, 0.2) is 0 Å². The van der Waals surface area contributed by atoms with Crippen molar-refractivity contribution in [2.24, 2.45) is 0 Å². The lowest BCUT2D eigenvalue weighted by atomic mass is 10.0. The largest absolute Gasteiger partial charge is 0.338 e. The summed E-state index contributed by atoms with van der Waals surface area (Å²) in [6.07, 6.45) is 2.33. The molecule has 2 aliphatic rings. The predicted molar refractivity (Wildman–Crippen MR) is 124 cm³/mol. The van der Waals surface area contributed by atoms with E-state index in [1.165, 1.54) is 0 Å². The number of hydrogen-bond acceptors (Lipinski definition) is 5. The highest BCUT2D eigenvalue weighted by molar-refractivity contribution is 6.23. The Morgan fingerprint density at radius 2 is 1.82 bits per heavy atom. The van der Waals surface area contributed by atoms with Crippen LogP contribution in [0.4, 0.5) is 10.5 Å². The number of nitrogens with one attached hydrogen (secondary N) is 3. The average molecular weight is 463 g/mol. The summed E-state index contributed by atoms with van der Waals surface area (Å²) in [4.78, 5) is 62.3. The van der Waals surface area contributed by atoms with E-state index in [0.29, 0.717) is 19.4 Å². The number of urea groups is 1. The quantitative estimate of drug-likeness (QED) is 0.431. The van der Waals surface area contributed by atoms with Gasteiger partial charge in [0.25, 0.3) is 11.8 Å². The molecular weight excluding hydrogens is 436 g/mol. The smallest absolute Gasteiger partial charge is 0.319 e. The number of nitrogens with zero attached hydrogens (tertiary/aromatic N) is 1. The van der Waals surface area contributed by atoms with E-state index >= 15 is 0 Å². The lowest BCUT2D eigenvalue weighted by Crippen LogP contribution is -2.54. The van der Waals surface area contributed by atoms with E-state index in [2.05, 4.69) is 16.0 Å². The third-order valence-electron chi connectivity index (χ3n) is 6.03. The van der Waals surface area contributed by atoms with Crippen molar-refractivity contribution in [1.82, 2.24) is 15.5 Å². The third-order valence-corrected chi connectivity index (χ3v) is 6.03. The Bertz CT molecular complexity index is 1180. The van der Waals surface area contributed by atoms with Crippen LogP contribution < -0.4 is 16.0 Å². The molecule has 6 amide bonds. The van der Waals surface area contributed by atoms with E-state index in [1.807, 2.05) is 31.2 Å². The normalized spacial score (nSPS) is 17.4. The molecular formula is C25H26N4O5. The average Bonchev–Trinajstić information content (AvgIpc) is 3.06. The van der Waals surface area contributed by atoms with Crippen LogP contribution in [0.1, 0.15) is 58.0 Å². The maximum atomic E-state index is 12.9. The molecule has 0 spiro atoms. The molecule has 9 nitrogen and oxygen atoms in total. The molecule has 3 N–H and O–H groups in total. The van der Waals surface area contributed by atoms with E-state index in [0.717, 1.165) is 28.1 Å². The Balaban J connectivity index is 1.31. The summed E-state index contributed by atoms with van der Waals surface area (Å²) >= 11 is 0. The van der Waals surface area contributed by atoms with Crippen molar-refractivity contribution in [3.05, 3.63) is 64.7 Å². The molecule has 1 unspecified atom stereocenters. The van der Waals surface area contributed by atoms with Crippen molar-refractivity contribution >= 4 is 35.3 Å². The van der Waals surface area contributed by atoms with Crippen LogP contribution in [0.25, 0.3) is 0 Å². The summed E-state index contributed by atoms with van der Waals surface area (Å²) in [6, 6.07) is 11.4. The number of rotatable bonds is 7. The molecule has 2 heterocycles. The van der Waals surface area contributed by atoms with Crippen LogP contribution in [0, 0.1) is 0 Å². The Hall–Kier alpha value is -4.01. The molecule has 1 saturated heterocycles. The molecule has 0 aliphatic carbocycles. The minimum atomic E-state index is -0.978. The fourth-order valence-electron chi connectivity index (χ4n) is 4.21. The summed E-state index contributed by atoms with van der Waals surface area (Å²) in [5.74, 6) is -2.08. The zero-order valence-corrected chi connectivity index (χ0v) is 18.8. The summed E-state index contributed by atoms with van der Waals surface area (Å²) in [5.41, 5.74) is 3.24. The summed E-state index contributed by atoms with van der Waals surface area (Å²) < 4.78 is 0. The molecule has 1 atom stereocenters. The second kappa shape index (κ2) is 9.86. The predicted octanol–water partition coefficient (Wildman–Crippen LogP) is 2.40. The highest BCUT2D eigenvalue weighted by atomic mass is 16.2. The van der Waals surface area contributed by atoms with Gasteiger partial charge in [0.2, 0.25) is 11.8 Å². The van der Waals surface area contributed by atoms with Gasteiger partial charge in [0, 0.05) is 18.7 Å². The second-order valence-corrected chi connectivity index (χ2v) is 8.37. The lowest BCUT2D eigenvalue weighted by molar-refractivity contribution is -0.136. The van der Waals surface area contributed by atoms with Crippen LogP contribution in [-0.2, 0) is 22.4 Å². The Morgan fingerprint density at radius 1 is 1.03 bits per heavy atom. The van der Waals surface area contributed by atoms with Gasteiger partial charge >= 0.3 is 6.03 Å². The van der Waals surface area contributed by atoms with Gasteiger partial charge in [-0.15, -0.1) is 0 Å². The summed E-state index contributed by atoms with van der Waals surface area (Å²) in [7, 11) is 0. The molecule has 34 heavy (non-hydrogen) atoms. The maximum absolute atomic E-state index is 12.9. The molecule has 4 rings (SSSR count). The van der Waals surface area contributed by atoms with Gasteiger partial charge in [-0.2, -0.15) is 0 Å². The zero-order chi connectivity index (χ0) is 24.2. The SMILES string of the molecule is CCc1cccc(NC(=O)NCCCc2ccc3c(c2)C(=O)N(C2CCC(=O)NC2=O)C3=O)c1. The number of hydrogen-bond donors (Lipinski definition) is 3. The van der Waals surface area contributed by atoms with Crippen molar-refractivity contribution in [2.45, 2.75) is 45.1 Å². The summed E-state index contributed by atoms with van der Waals surface area (Å²) in [6.45, 7) is 2.49. The Kier molecular flexibility index (Phi) is 6.72. The third kappa shape index (κ3) is 4.83. The van der Waals surface area contributed by atoms with E-state index in [1.54, 1.807) is 18.2 Å². The van der Waals surface area contributed by atoms with E-state index < -0.39 is 29.7 Å². The molecule has 9 heteroatoms. The fourth-order valence-corrected chi connectivity index (χ4v) is 4.21. The molecule has 176 valence electrons. The van der Waals surface area contributed by atoms with E-state index in [4.69, 9.17) is 0 Å². The van der Waals surface area contributed by atoms with Crippen molar-refractivity contribution in [2.75, 3.05) is 11.9 Å². The fraction of sp³-hybridized carbons (Fsp3) is 0.320. The van der Waals surface area contributed by atoms with Crippen molar-refractivity contribution < 1.29 is 24.0 Å². The number of piperidine rings is 1. The van der Waals surface area contributed by atoms with Crippen molar-refractivity contribution in [3.8, 4) is 0 Å². The van der Waals surface area contributed by atoms with Gasteiger partial charge in [-0.3, -0.25) is 29.4 Å². The number of carbonyl (C=O) groups excluding carboxylic acids is 5. The van der Waals surface area contributed by atoms with Gasteiger partial charge in [-0.1, -0.05) is 25.1 Å². The van der Waals surface area contributed by atoms with Gasteiger partial charge < -0.3 is 10.6 Å². The molecule has 2 aliphatic heterocycles. The first-order valence-electron chi connectivity index (χ1n) is 11.4. The molecule has 2 aromatic carbocycles. The van der Waals surface area contributed by atoms with Crippen LogP contribution in [0.5, 0.6) is 0 Å². The number of fused-ring (bicyclic) bond motifs is 1. The van der Waals surface area contributed by atoms with Gasteiger partial charge in [-0.25, -0.2) is 4.79 Å². The van der Waals surface area contributed by atoms with Crippen LogP contribution in [-0.4, -0.2) is 47.1 Å². The maximum Gasteiger partial charge on any atom is 0.319 e. The minimum Gasteiger partial charge on any atom is -0.338 e. The number of imide groups is 2. The molecule has 2 aromatic rings. The number of benzene rings is 2.